The lowest BCUT2D eigenvalue weighted by molar-refractivity contribution is -0.134. The van der Waals surface area contributed by atoms with E-state index in [1.54, 1.807) is 30.3 Å². The number of rotatable bonds is 7. The first-order chi connectivity index (χ1) is 12.5. The van der Waals surface area contributed by atoms with Gasteiger partial charge in [0.05, 0.1) is 12.3 Å². The van der Waals surface area contributed by atoms with Crippen LogP contribution in [-0.4, -0.2) is 18.4 Å². The molecular weight excluding hydrogens is 335 g/mol. The first-order valence-corrected chi connectivity index (χ1v) is 8.61. The van der Waals surface area contributed by atoms with E-state index in [-0.39, 0.29) is 24.2 Å². The smallest absolute Gasteiger partial charge is 0.240 e. The Kier molecular flexibility index (Phi) is 5.21. The molecule has 5 nitrogen and oxygen atoms in total. The number of nitrogens with one attached hydrogen (secondary N) is 2. The number of anilines is 1. The summed E-state index contributed by atoms with van der Waals surface area (Å²) >= 11 is 0. The van der Waals surface area contributed by atoms with Crippen molar-refractivity contribution in [2.45, 2.75) is 26.3 Å². The second-order valence-corrected chi connectivity index (χ2v) is 6.27. The molecule has 1 aliphatic rings. The van der Waals surface area contributed by atoms with E-state index in [0.717, 1.165) is 5.56 Å². The molecule has 1 saturated carbocycles. The highest BCUT2D eigenvalue weighted by atomic mass is 19.1. The number of halogens is 1. The van der Waals surface area contributed by atoms with Gasteiger partial charge in [0.2, 0.25) is 11.8 Å². The quantitative estimate of drug-likeness (QED) is 0.749. The monoisotopic (exact) mass is 356 g/mol. The normalized spacial score (nSPS) is 14.4. The van der Waals surface area contributed by atoms with E-state index >= 15 is 0 Å². The number of benzene rings is 2. The fraction of sp³-hybridized carbons (Fsp3) is 0.300. The van der Waals surface area contributed by atoms with Gasteiger partial charge >= 0.3 is 0 Å². The van der Waals surface area contributed by atoms with Crippen molar-refractivity contribution in [2.75, 3.05) is 11.9 Å². The van der Waals surface area contributed by atoms with Gasteiger partial charge in [0, 0.05) is 6.54 Å². The molecule has 0 spiro atoms. The minimum Gasteiger partial charge on any atom is -0.492 e. The van der Waals surface area contributed by atoms with E-state index in [0.29, 0.717) is 30.9 Å². The molecule has 0 radical (unpaired) electrons. The van der Waals surface area contributed by atoms with E-state index in [9.17, 15) is 14.0 Å². The molecule has 2 aromatic rings. The predicted octanol–water partition coefficient (Wildman–Crippen LogP) is 3.26. The molecule has 0 atom stereocenters. The number of amides is 2. The molecule has 136 valence electrons. The van der Waals surface area contributed by atoms with Crippen molar-refractivity contribution >= 4 is 17.5 Å². The van der Waals surface area contributed by atoms with Crippen LogP contribution in [0.3, 0.4) is 0 Å². The number of carbonyl (C=O) groups is 2. The Balaban J connectivity index is 1.63. The molecule has 2 N–H and O–H groups in total. The Morgan fingerprint density at radius 3 is 2.42 bits per heavy atom. The Labute approximate surface area is 151 Å². The number of ether oxygens (including phenoxy) is 1. The fourth-order valence-corrected chi connectivity index (χ4v) is 2.73. The lowest BCUT2D eigenvalue weighted by Crippen LogP contribution is -2.39. The third-order valence-electron chi connectivity index (χ3n) is 4.42. The number of hydrogen-bond acceptors (Lipinski definition) is 3. The van der Waals surface area contributed by atoms with Crippen LogP contribution in [-0.2, 0) is 16.1 Å². The van der Waals surface area contributed by atoms with Crippen molar-refractivity contribution in [3.63, 3.8) is 0 Å². The van der Waals surface area contributed by atoms with Gasteiger partial charge in [0.25, 0.3) is 0 Å². The molecule has 3 rings (SSSR count). The second kappa shape index (κ2) is 7.56. The van der Waals surface area contributed by atoms with E-state index in [1.165, 1.54) is 12.1 Å². The summed E-state index contributed by atoms with van der Waals surface area (Å²) in [4.78, 5) is 25.2. The van der Waals surface area contributed by atoms with Crippen LogP contribution in [0.15, 0.2) is 48.5 Å². The first-order valence-electron chi connectivity index (χ1n) is 8.61. The average molecular weight is 356 g/mol. The Hall–Kier alpha value is -2.89. The highest BCUT2D eigenvalue weighted by Crippen LogP contribution is 2.47. The highest BCUT2D eigenvalue weighted by molar-refractivity contribution is 6.13. The molecule has 2 aromatic carbocycles. The molecule has 1 fully saturated rings. The third-order valence-corrected chi connectivity index (χ3v) is 4.42. The fourth-order valence-electron chi connectivity index (χ4n) is 2.73. The Morgan fingerprint density at radius 1 is 1.08 bits per heavy atom. The van der Waals surface area contributed by atoms with Gasteiger partial charge in [-0.1, -0.05) is 24.3 Å². The van der Waals surface area contributed by atoms with E-state index in [1.807, 2.05) is 13.0 Å². The molecule has 26 heavy (non-hydrogen) atoms. The minimum absolute atomic E-state index is 0.254. The molecule has 0 saturated heterocycles. The summed E-state index contributed by atoms with van der Waals surface area (Å²) in [6, 6.07) is 13.0. The van der Waals surface area contributed by atoms with Crippen LogP contribution >= 0.6 is 0 Å². The van der Waals surface area contributed by atoms with Crippen LogP contribution in [0, 0.1) is 11.2 Å². The number of carbonyl (C=O) groups excluding carboxylic acids is 2. The lowest BCUT2D eigenvalue weighted by atomic mass is 10.0. The van der Waals surface area contributed by atoms with E-state index in [2.05, 4.69) is 10.6 Å². The topological polar surface area (TPSA) is 67.4 Å². The molecule has 0 aliphatic heterocycles. The van der Waals surface area contributed by atoms with Crippen LogP contribution in [0.5, 0.6) is 5.75 Å². The van der Waals surface area contributed by atoms with Gasteiger partial charge in [-0.25, -0.2) is 4.39 Å². The molecule has 0 aromatic heterocycles. The van der Waals surface area contributed by atoms with Gasteiger partial charge in [0.1, 0.15) is 17.0 Å². The lowest BCUT2D eigenvalue weighted by Gasteiger charge is -2.17. The van der Waals surface area contributed by atoms with Crippen LogP contribution in [0.1, 0.15) is 25.3 Å². The van der Waals surface area contributed by atoms with Gasteiger partial charge in [0.15, 0.2) is 0 Å². The Bertz CT molecular complexity index is 801. The van der Waals surface area contributed by atoms with E-state index in [4.69, 9.17) is 4.74 Å². The van der Waals surface area contributed by atoms with Gasteiger partial charge < -0.3 is 15.4 Å². The van der Waals surface area contributed by atoms with Crippen LogP contribution in [0.25, 0.3) is 0 Å². The average Bonchev–Trinajstić information content (AvgIpc) is 3.45. The van der Waals surface area contributed by atoms with Crippen molar-refractivity contribution < 1.29 is 18.7 Å². The summed E-state index contributed by atoms with van der Waals surface area (Å²) in [5.41, 5.74) is 0.286. The molecular formula is C20H21FN2O3. The van der Waals surface area contributed by atoms with Crippen molar-refractivity contribution in [2.24, 2.45) is 5.41 Å². The second-order valence-electron chi connectivity index (χ2n) is 6.27. The zero-order valence-electron chi connectivity index (χ0n) is 14.5. The SMILES string of the molecule is CCOc1ccccc1NC(=O)C1(C(=O)NCc2ccc(F)cc2)CC1. The molecule has 0 heterocycles. The molecule has 0 bridgehead atoms. The van der Waals surface area contributed by atoms with Crippen LogP contribution < -0.4 is 15.4 Å². The maximum atomic E-state index is 12.9. The van der Waals surface area contributed by atoms with Gasteiger partial charge in [-0.05, 0) is 49.6 Å². The van der Waals surface area contributed by atoms with Crippen molar-refractivity contribution in [3.8, 4) is 5.75 Å². The molecule has 2 amide bonds. The van der Waals surface area contributed by atoms with Gasteiger partial charge in [-0.15, -0.1) is 0 Å². The number of hydrogen-bond donors (Lipinski definition) is 2. The standard InChI is InChI=1S/C20H21FN2O3/c1-2-26-17-6-4-3-5-16(17)23-19(25)20(11-12-20)18(24)22-13-14-7-9-15(21)10-8-14/h3-10H,2,11-13H2,1H3,(H,22,24)(H,23,25). The predicted molar refractivity (Wildman–Crippen MR) is 96.2 cm³/mol. The van der Waals surface area contributed by atoms with Crippen molar-refractivity contribution in [3.05, 3.63) is 59.9 Å². The molecule has 1 aliphatic carbocycles. The molecule has 0 unspecified atom stereocenters. The van der Waals surface area contributed by atoms with Crippen LogP contribution in [0.2, 0.25) is 0 Å². The van der Waals surface area contributed by atoms with Gasteiger partial charge in [-0.2, -0.15) is 0 Å². The maximum absolute atomic E-state index is 12.9. The van der Waals surface area contributed by atoms with Crippen molar-refractivity contribution in [1.29, 1.82) is 0 Å². The summed E-state index contributed by atoms with van der Waals surface area (Å²) in [7, 11) is 0. The van der Waals surface area contributed by atoms with Crippen molar-refractivity contribution in [1.82, 2.24) is 5.32 Å². The Morgan fingerprint density at radius 2 is 1.77 bits per heavy atom. The summed E-state index contributed by atoms with van der Waals surface area (Å²) in [6.45, 7) is 2.60. The van der Waals surface area contributed by atoms with Crippen LogP contribution in [0.4, 0.5) is 10.1 Å². The zero-order valence-corrected chi connectivity index (χ0v) is 14.5. The highest BCUT2D eigenvalue weighted by Gasteiger charge is 2.56. The summed E-state index contributed by atoms with van der Waals surface area (Å²) in [5, 5.41) is 5.58. The largest absolute Gasteiger partial charge is 0.492 e. The third kappa shape index (κ3) is 3.85. The van der Waals surface area contributed by atoms with E-state index < -0.39 is 5.41 Å². The zero-order chi connectivity index (χ0) is 18.6. The number of para-hydroxylation sites is 2. The minimum atomic E-state index is -1.04. The summed E-state index contributed by atoms with van der Waals surface area (Å²) in [6.07, 6.45) is 1.01. The maximum Gasteiger partial charge on any atom is 0.240 e. The summed E-state index contributed by atoms with van der Waals surface area (Å²) in [5.74, 6) is -0.397. The first kappa shape index (κ1) is 17.9. The summed E-state index contributed by atoms with van der Waals surface area (Å²) < 4.78 is 18.4. The molecule has 6 heteroatoms. The van der Waals surface area contributed by atoms with Gasteiger partial charge in [-0.3, -0.25) is 9.59 Å².